The summed E-state index contributed by atoms with van der Waals surface area (Å²) in [6.45, 7) is 5.59. The van der Waals surface area contributed by atoms with Gasteiger partial charge in [0, 0.05) is 26.0 Å². The molecule has 0 radical (unpaired) electrons. The smallest absolute Gasteiger partial charge is 0.0894 e. The van der Waals surface area contributed by atoms with Crippen LogP contribution in [-0.2, 0) is 0 Å². The molecule has 0 N–H and O–H groups in total. The molecule has 1 heterocycles. The zero-order valence-electron chi connectivity index (χ0n) is 6.16. The van der Waals surface area contributed by atoms with Crippen LogP contribution in [0.3, 0.4) is 0 Å². The van der Waals surface area contributed by atoms with Crippen molar-refractivity contribution in [2.75, 3.05) is 20.3 Å². The van der Waals surface area contributed by atoms with Crippen molar-refractivity contribution in [2.45, 2.75) is 0 Å². The molecular formula is C7H13FN2. The van der Waals surface area contributed by atoms with Crippen LogP contribution in [0.2, 0.25) is 0 Å². The highest BCUT2D eigenvalue weighted by Crippen LogP contribution is 2.01. The normalized spacial score (nSPS) is 15.3. The van der Waals surface area contributed by atoms with Gasteiger partial charge in [0.05, 0.1) is 6.67 Å². The SMILES string of the molecule is C=CCN1C=CN(C)C1.F. The highest BCUT2D eigenvalue weighted by Gasteiger charge is 2.04. The molecule has 0 saturated carbocycles. The Kier molecular flexibility index (Phi) is 3.54. The van der Waals surface area contributed by atoms with E-state index in [2.05, 4.69) is 35.8 Å². The quantitative estimate of drug-likeness (QED) is 0.533. The summed E-state index contributed by atoms with van der Waals surface area (Å²) < 4.78 is 0. The average molecular weight is 144 g/mol. The van der Waals surface area contributed by atoms with Gasteiger partial charge in [-0.1, -0.05) is 6.08 Å². The molecular weight excluding hydrogens is 131 g/mol. The summed E-state index contributed by atoms with van der Waals surface area (Å²) in [6.07, 6.45) is 6.04. The second-order valence-electron chi connectivity index (χ2n) is 2.26. The van der Waals surface area contributed by atoms with E-state index in [0.29, 0.717) is 0 Å². The lowest BCUT2D eigenvalue weighted by Gasteiger charge is -2.15. The van der Waals surface area contributed by atoms with Crippen LogP contribution < -0.4 is 0 Å². The summed E-state index contributed by atoms with van der Waals surface area (Å²) in [5, 5.41) is 0. The van der Waals surface area contributed by atoms with Crippen molar-refractivity contribution in [3.05, 3.63) is 25.1 Å². The lowest BCUT2D eigenvalue weighted by atomic mass is 10.6. The zero-order valence-corrected chi connectivity index (χ0v) is 6.16. The third-order valence-electron chi connectivity index (χ3n) is 1.30. The molecule has 10 heavy (non-hydrogen) atoms. The first kappa shape index (κ1) is 9.01. The van der Waals surface area contributed by atoms with Gasteiger partial charge in [0.15, 0.2) is 0 Å². The number of hydrogen-bond donors (Lipinski definition) is 0. The van der Waals surface area contributed by atoms with Gasteiger partial charge < -0.3 is 9.80 Å². The Bertz CT molecular complexity index is 134. The van der Waals surface area contributed by atoms with Crippen LogP contribution >= 0.6 is 0 Å². The molecule has 0 bridgehead atoms. The van der Waals surface area contributed by atoms with Crippen molar-refractivity contribution in [3.8, 4) is 0 Å². The van der Waals surface area contributed by atoms with Gasteiger partial charge in [0.2, 0.25) is 0 Å². The van der Waals surface area contributed by atoms with Crippen LogP contribution in [0.15, 0.2) is 25.1 Å². The minimum atomic E-state index is 0. The highest BCUT2D eigenvalue weighted by atomic mass is 19.0. The number of nitrogens with zero attached hydrogens (tertiary/aromatic N) is 2. The molecule has 0 aromatic carbocycles. The highest BCUT2D eigenvalue weighted by molar-refractivity contribution is 4.91. The first-order valence-electron chi connectivity index (χ1n) is 3.06. The fourth-order valence-corrected chi connectivity index (χ4v) is 0.873. The van der Waals surface area contributed by atoms with Crippen molar-refractivity contribution in [3.63, 3.8) is 0 Å². The summed E-state index contributed by atoms with van der Waals surface area (Å²) in [7, 11) is 2.06. The molecule has 0 atom stereocenters. The molecule has 0 spiro atoms. The summed E-state index contributed by atoms with van der Waals surface area (Å²) in [6, 6.07) is 0. The van der Waals surface area contributed by atoms with Crippen molar-refractivity contribution >= 4 is 0 Å². The maximum atomic E-state index is 3.66. The third-order valence-corrected chi connectivity index (χ3v) is 1.30. The Balaban J connectivity index is 0.000000810. The summed E-state index contributed by atoms with van der Waals surface area (Å²) in [4.78, 5) is 4.32. The largest absolute Gasteiger partial charge is 0.362 e. The van der Waals surface area contributed by atoms with Crippen LogP contribution in [-0.4, -0.2) is 30.1 Å². The Morgan fingerprint density at radius 2 is 2.30 bits per heavy atom. The molecule has 0 aromatic heterocycles. The molecule has 1 aliphatic rings. The van der Waals surface area contributed by atoms with Gasteiger partial charge in [0.1, 0.15) is 0 Å². The van der Waals surface area contributed by atoms with E-state index in [1.165, 1.54) is 0 Å². The van der Waals surface area contributed by atoms with Crippen LogP contribution in [0.4, 0.5) is 4.70 Å². The van der Waals surface area contributed by atoms with E-state index >= 15 is 0 Å². The number of halogens is 1. The van der Waals surface area contributed by atoms with Crippen molar-refractivity contribution < 1.29 is 4.70 Å². The number of hydrogen-bond acceptors (Lipinski definition) is 2. The van der Waals surface area contributed by atoms with E-state index in [1.54, 1.807) is 0 Å². The Hall–Kier alpha value is -0.990. The van der Waals surface area contributed by atoms with Crippen molar-refractivity contribution in [1.82, 2.24) is 9.80 Å². The monoisotopic (exact) mass is 144 g/mol. The summed E-state index contributed by atoms with van der Waals surface area (Å²) in [5.74, 6) is 0. The Morgan fingerprint density at radius 1 is 1.60 bits per heavy atom. The minimum absolute atomic E-state index is 0. The van der Waals surface area contributed by atoms with Crippen LogP contribution in [0.1, 0.15) is 0 Å². The lowest BCUT2D eigenvalue weighted by Crippen LogP contribution is -2.21. The lowest BCUT2D eigenvalue weighted by molar-refractivity contribution is 0.318. The molecule has 3 heteroatoms. The van der Waals surface area contributed by atoms with E-state index in [9.17, 15) is 0 Å². The van der Waals surface area contributed by atoms with Crippen LogP contribution in [0.5, 0.6) is 0 Å². The number of rotatable bonds is 2. The molecule has 0 unspecified atom stereocenters. The van der Waals surface area contributed by atoms with E-state index in [4.69, 9.17) is 0 Å². The van der Waals surface area contributed by atoms with E-state index in [-0.39, 0.29) is 4.70 Å². The fraction of sp³-hybridized carbons (Fsp3) is 0.429. The van der Waals surface area contributed by atoms with E-state index in [0.717, 1.165) is 13.2 Å². The predicted octanol–water partition coefficient (Wildman–Crippen LogP) is 1.00. The van der Waals surface area contributed by atoms with Gasteiger partial charge in [-0.05, 0) is 0 Å². The van der Waals surface area contributed by atoms with Gasteiger partial charge in [-0.15, -0.1) is 6.58 Å². The molecule has 2 nitrogen and oxygen atoms in total. The summed E-state index contributed by atoms with van der Waals surface area (Å²) >= 11 is 0. The van der Waals surface area contributed by atoms with Gasteiger partial charge in [-0.2, -0.15) is 0 Å². The molecule has 0 amide bonds. The molecule has 0 fully saturated rings. The van der Waals surface area contributed by atoms with Crippen LogP contribution in [0.25, 0.3) is 0 Å². The molecule has 1 aliphatic heterocycles. The Labute approximate surface area is 60.8 Å². The van der Waals surface area contributed by atoms with Gasteiger partial charge in [-0.3, -0.25) is 4.70 Å². The van der Waals surface area contributed by atoms with Crippen molar-refractivity contribution in [2.24, 2.45) is 0 Å². The first-order chi connectivity index (χ1) is 4.33. The second kappa shape index (κ2) is 3.93. The van der Waals surface area contributed by atoms with Crippen LogP contribution in [0, 0.1) is 0 Å². The molecule has 0 saturated heterocycles. The van der Waals surface area contributed by atoms with Gasteiger partial charge >= 0.3 is 0 Å². The molecule has 0 aromatic rings. The van der Waals surface area contributed by atoms with Gasteiger partial charge in [0.25, 0.3) is 0 Å². The van der Waals surface area contributed by atoms with Crippen molar-refractivity contribution in [1.29, 1.82) is 0 Å². The maximum Gasteiger partial charge on any atom is 0.0894 e. The maximum absolute atomic E-state index is 3.66. The second-order valence-corrected chi connectivity index (χ2v) is 2.26. The molecule has 1 rings (SSSR count). The zero-order chi connectivity index (χ0) is 6.69. The first-order valence-corrected chi connectivity index (χ1v) is 3.06. The fourth-order valence-electron chi connectivity index (χ4n) is 0.873. The molecule has 58 valence electrons. The van der Waals surface area contributed by atoms with Gasteiger partial charge in [-0.25, -0.2) is 0 Å². The third kappa shape index (κ3) is 2.09. The Morgan fingerprint density at radius 3 is 2.70 bits per heavy atom. The topological polar surface area (TPSA) is 6.48 Å². The molecule has 0 aliphatic carbocycles. The minimum Gasteiger partial charge on any atom is -0.362 e. The standard InChI is InChI=1S/C7H12N2.FH/c1-3-4-9-6-5-8(2)7-9;/h3,5-6H,1,4,7H2,2H3;1H. The van der Waals surface area contributed by atoms with E-state index < -0.39 is 0 Å². The summed E-state index contributed by atoms with van der Waals surface area (Å²) in [5.41, 5.74) is 0. The average Bonchev–Trinajstić information content (AvgIpc) is 2.17. The van der Waals surface area contributed by atoms with E-state index in [1.807, 2.05) is 6.08 Å². The predicted molar refractivity (Wildman–Crippen MR) is 41.2 cm³/mol.